The van der Waals surface area contributed by atoms with Crippen molar-refractivity contribution in [2.45, 2.75) is 33.2 Å². The van der Waals surface area contributed by atoms with Gasteiger partial charge in [-0.25, -0.2) is 0 Å². The van der Waals surface area contributed by atoms with Crippen LogP contribution in [0.15, 0.2) is 40.9 Å². The van der Waals surface area contributed by atoms with E-state index in [1.165, 1.54) is 0 Å². The summed E-state index contributed by atoms with van der Waals surface area (Å²) in [6.07, 6.45) is 1.86. The predicted octanol–water partition coefficient (Wildman–Crippen LogP) is 3.42. The van der Waals surface area contributed by atoms with E-state index in [-0.39, 0.29) is 5.92 Å². The van der Waals surface area contributed by atoms with Crippen LogP contribution < -0.4 is 0 Å². The van der Waals surface area contributed by atoms with Crippen LogP contribution in [0, 0.1) is 5.92 Å². The quantitative estimate of drug-likeness (QED) is 0.808. The molecule has 1 aromatic heterocycles. The number of benzene rings is 1. The van der Waals surface area contributed by atoms with E-state index in [1.807, 2.05) is 55.1 Å². The number of piperidine rings is 1. The van der Waals surface area contributed by atoms with Crippen LogP contribution >= 0.6 is 0 Å². The lowest BCUT2D eigenvalue weighted by Gasteiger charge is -2.33. The van der Waals surface area contributed by atoms with E-state index in [0.717, 1.165) is 62.6 Å². The highest BCUT2D eigenvalue weighted by molar-refractivity contribution is 5.78. The first-order valence-electron chi connectivity index (χ1n) is 9.23. The van der Waals surface area contributed by atoms with Crippen LogP contribution in [0.5, 0.6) is 0 Å². The van der Waals surface area contributed by atoms with Crippen LogP contribution in [0.4, 0.5) is 0 Å². The van der Waals surface area contributed by atoms with Gasteiger partial charge in [0.05, 0.1) is 5.69 Å². The van der Waals surface area contributed by atoms with Gasteiger partial charge in [0.15, 0.2) is 5.76 Å². The largest absolute Gasteiger partial charge is 0.356 e. The minimum atomic E-state index is 0.174. The van der Waals surface area contributed by atoms with Crippen LogP contribution in [0.3, 0.4) is 0 Å². The summed E-state index contributed by atoms with van der Waals surface area (Å²) in [5.74, 6) is 1.30. The van der Waals surface area contributed by atoms with Gasteiger partial charge in [-0.2, -0.15) is 0 Å². The van der Waals surface area contributed by atoms with Crippen molar-refractivity contribution in [3.05, 3.63) is 42.1 Å². The summed E-state index contributed by atoms with van der Waals surface area (Å²) in [6.45, 7) is 8.35. The molecule has 0 radical (unpaired) electrons. The van der Waals surface area contributed by atoms with Crippen LogP contribution in [0.1, 0.15) is 32.4 Å². The van der Waals surface area contributed by atoms with Crippen molar-refractivity contribution in [2.24, 2.45) is 5.92 Å². The fourth-order valence-electron chi connectivity index (χ4n) is 3.49. The van der Waals surface area contributed by atoms with Crippen LogP contribution in [0.2, 0.25) is 0 Å². The molecule has 2 heterocycles. The Bertz CT molecular complexity index is 671. The van der Waals surface area contributed by atoms with Gasteiger partial charge in [0.2, 0.25) is 5.91 Å². The Morgan fingerprint density at radius 1 is 1.20 bits per heavy atom. The zero-order valence-electron chi connectivity index (χ0n) is 15.1. The maximum atomic E-state index is 12.5. The third kappa shape index (κ3) is 4.28. The molecule has 0 saturated carbocycles. The molecule has 0 atom stereocenters. The Morgan fingerprint density at radius 3 is 2.52 bits per heavy atom. The Balaban J connectivity index is 1.53. The Hall–Kier alpha value is -2.14. The number of carbonyl (C=O) groups excluding carboxylic acids is 1. The molecule has 5 heteroatoms. The Morgan fingerprint density at radius 2 is 1.88 bits per heavy atom. The summed E-state index contributed by atoms with van der Waals surface area (Å²) >= 11 is 0. The van der Waals surface area contributed by atoms with Gasteiger partial charge in [-0.05, 0) is 39.8 Å². The third-order valence-corrected chi connectivity index (χ3v) is 5.01. The first-order valence-corrected chi connectivity index (χ1v) is 9.23. The summed E-state index contributed by atoms with van der Waals surface area (Å²) in [6, 6.07) is 12.0. The first-order chi connectivity index (χ1) is 12.2. The molecule has 5 nitrogen and oxygen atoms in total. The summed E-state index contributed by atoms with van der Waals surface area (Å²) in [5, 5.41) is 4.20. The number of aromatic nitrogens is 1. The molecule has 1 saturated heterocycles. The maximum Gasteiger partial charge on any atom is 0.225 e. The number of nitrogens with zero attached hydrogens (tertiary/aromatic N) is 3. The molecule has 1 aliphatic heterocycles. The number of hydrogen-bond acceptors (Lipinski definition) is 4. The van der Waals surface area contributed by atoms with Crippen molar-refractivity contribution in [1.29, 1.82) is 0 Å². The molecule has 1 amide bonds. The van der Waals surface area contributed by atoms with Gasteiger partial charge in [0.1, 0.15) is 0 Å². The molecule has 3 rings (SSSR count). The minimum absolute atomic E-state index is 0.174. The van der Waals surface area contributed by atoms with Gasteiger partial charge in [-0.15, -0.1) is 0 Å². The fraction of sp³-hybridized carbons (Fsp3) is 0.500. The van der Waals surface area contributed by atoms with E-state index in [1.54, 1.807) is 0 Å². The van der Waals surface area contributed by atoms with Crippen molar-refractivity contribution in [1.82, 2.24) is 15.0 Å². The zero-order chi connectivity index (χ0) is 17.6. The monoisotopic (exact) mass is 341 g/mol. The van der Waals surface area contributed by atoms with Crippen molar-refractivity contribution in [3.63, 3.8) is 0 Å². The molecule has 1 aliphatic rings. The van der Waals surface area contributed by atoms with Gasteiger partial charge in [0, 0.05) is 37.2 Å². The zero-order valence-corrected chi connectivity index (χ0v) is 15.1. The summed E-state index contributed by atoms with van der Waals surface area (Å²) < 4.78 is 5.47. The molecule has 0 spiro atoms. The van der Waals surface area contributed by atoms with E-state index >= 15 is 0 Å². The van der Waals surface area contributed by atoms with Gasteiger partial charge in [0.25, 0.3) is 0 Å². The second-order valence-corrected chi connectivity index (χ2v) is 6.61. The lowest BCUT2D eigenvalue weighted by Crippen LogP contribution is -2.42. The van der Waals surface area contributed by atoms with Crippen LogP contribution in [0.25, 0.3) is 11.3 Å². The van der Waals surface area contributed by atoms with Crippen molar-refractivity contribution in [2.75, 3.05) is 26.2 Å². The highest BCUT2D eigenvalue weighted by Crippen LogP contribution is 2.23. The summed E-state index contributed by atoms with van der Waals surface area (Å²) in [4.78, 5) is 16.8. The molecule has 0 bridgehead atoms. The smallest absolute Gasteiger partial charge is 0.225 e. The average molecular weight is 341 g/mol. The second-order valence-electron chi connectivity index (χ2n) is 6.61. The van der Waals surface area contributed by atoms with E-state index in [9.17, 15) is 4.79 Å². The van der Waals surface area contributed by atoms with Crippen molar-refractivity contribution in [3.8, 4) is 11.3 Å². The van der Waals surface area contributed by atoms with Crippen LogP contribution in [-0.4, -0.2) is 47.0 Å². The molecule has 0 N–H and O–H groups in total. The standard InChI is InChI=1S/C20H27N3O2/c1-3-23(4-2)20(24)17-10-12-22(13-11-17)15-18-14-19(25-21-18)16-8-6-5-7-9-16/h5-9,14,17H,3-4,10-13,15H2,1-2H3. The molecule has 2 aromatic rings. The topological polar surface area (TPSA) is 49.6 Å². The molecule has 1 fully saturated rings. The normalized spacial score (nSPS) is 16.1. The highest BCUT2D eigenvalue weighted by Gasteiger charge is 2.27. The van der Waals surface area contributed by atoms with Crippen molar-refractivity contribution < 1.29 is 9.32 Å². The van der Waals surface area contributed by atoms with Gasteiger partial charge in [-0.3, -0.25) is 9.69 Å². The summed E-state index contributed by atoms with van der Waals surface area (Å²) in [7, 11) is 0. The lowest BCUT2D eigenvalue weighted by molar-refractivity contribution is -0.136. The molecule has 0 aliphatic carbocycles. The fourth-order valence-corrected chi connectivity index (χ4v) is 3.49. The minimum Gasteiger partial charge on any atom is -0.356 e. The number of hydrogen-bond donors (Lipinski definition) is 0. The van der Waals surface area contributed by atoms with E-state index in [2.05, 4.69) is 10.1 Å². The summed E-state index contributed by atoms with van der Waals surface area (Å²) in [5.41, 5.74) is 2.00. The van der Waals surface area contributed by atoms with Crippen LogP contribution in [-0.2, 0) is 11.3 Å². The molecule has 134 valence electrons. The Kier molecular flexibility index (Phi) is 5.87. The molecular weight excluding hydrogens is 314 g/mol. The van der Waals surface area contributed by atoms with Gasteiger partial charge < -0.3 is 9.42 Å². The van der Waals surface area contributed by atoms with E-state index < -0.39 is 0 Å². The first kappa shape index (κ1) is 17.7. The Labute approximate surface area is 149 Å². The molecule has 25 heavy (non-hydrogen) atoms. The van der Waals surface area contributed by atoms with E-state index in [0.29, 0.717) is 5.91 Å². The number of amides is 1. The van der Waals surface area contributed by atoms with Gasteiger partial charge in [-0.1, -0.05) is 35.5 Å². The average Bonchev–Trinajstić information content (AvgIpc) is 3.12. The lowest BCUT2D eigenvalue weighted by atomic mass is 9.95. The molecular formula is C20H27N3O2. The third-order valence-electron chi connectivity index (χ3n) is 5.01. The number of carbonyl (C=O) groups is 1. The highest BCUT2D eigenvalue weighted by atomic mass is 16.5. The van der Waals surface area contributed by atoms with Crippen molar-refractivity contribution >= 4 is 5.91 Å². The van der Waals surface area contributed by atoms with E-state index in [4.69, 9.17) is 4.52 Å². The number of rotatable bonds is 6. The SMILES string of the molecule is CCN(CC)C(=O)C1CCN(Cc2cc(-c3ccccc3)on2)CC1. The second kappa shape index (κ2) is 8.30. The number of likely N-dealkylation sites (tertiary alicyclic amines) is 1. The maximum absolute atomic E-state index is 12.5. The predicted molar refractivity (Wildman–Crippen MR) is 97.9 cm³/mol. The molecule has 0 unspecified atom stereocenters. The molecule has 1 aromatic carbocycles. The van der Waals surface area contributed by atoms with Gasteiger partial charge >= 0.3 is 0 Å².